The van der Waals surface area contributed by atoms with Crippen molar-refractivity contribution in [1.29, 1.82) is 5.26 Å². The number of rotatable bonds is 3. The molecule has 0 spiro atoms. The molecule has 0 amide bonds. The molecule has 0 saturated heterocycles. The molecule has 3 aromatic rings. The fourth-order valence-corrected chi connectivity index (χ4v) is 2.41. The molecular weight excluding hydrogens is 287 g/mol. The fraction of sp³-hybridized carbons (Fsp3) is 0.0500. The molecule has 0 aliphatic carbocycles. The minimum atomic E-state index is -0.311. The molecule has 0 fully saturated rings. The minimum Gasteiger partial charge on any atom is -0.317 e. The molecule has 112 valence electrons. The topological polar surface area (TPSA) is 28.7 Å². The quantitative estimate of drug-likeness (QED) is 0.627. The number of hydrogen-bond acceptors (Lipinski definition) is 1. The second kappa shape index (κ2) is 6.33. The van der Waals surface area contributed by atoms with E-state index in [4.69, 9.17) is 0 Å². The van der Waals surface area contributed by atoms with Gasteiger partial charge in [0.25, 0.3) is 0 Å². The smallest absolute Gasteiger partial charge is 0.123 e. The Morgan fingerprint density at radius 3 is 2.39 bits per heavy atom. The van der Waals surface area contributed by atoms with Crippen LogP contribution in [0.3, 0.4) is 0 Å². The average Bonchev–Trinajstić information content (AvgIpc) is 3.02. The minimum absolute atomic E-state index is 0.311. The highest BCUT2D eigenvalue weighted by atomic mass is 19.1. The van der Waals surface area contributed by atoms with Crippen LogP contribution < -0.4 is 0 Å². The van der Waals surface area contributed by atoms with Gasteiger partial charge in [-0.25, -0.2) is 4.39 Å². The van der Waals surface area contributed by atoms with Crippen molar-refractivity contribution in [3.63, 3.8) is 0 Å². The maximum atomic E-state index is 13.0. The molecule has 3 heteroatoms. The predicted molar refractivity (Wildman–Crippen MR) is 90.4 cm³/mol. The van der Waals surface area contributed by atoms with Gasteiger partial charge in [0, 0.05) is 17.6 Å². The van der Waals surface area contributed by atoms with Crippen molar-refractivity contribution < 1.29 is 4.39 Å². The van der Waals surface area contributed by atoms with Gasteiger partial charge in [-0.2, -0.15) is 5.26 Å². The Morgan fingerprint density at radius 2 is 1.74 bits per heavy atom. The van der Waals surface area contributed by atoms with Gasteiger partial charge in [0.15, 0.2) is 0 Å². The van der Waals surface area contributed by atoms with Crippen LogP contribution in [0.2, 0.25) is 0 Å². The summed E-state index contributed by atoms with van der Waals surface area (Å²) in [4.78, 5) is 0. The van der Waals surface area contributed by atoms with E-state index in [9.17, 15) is 9.65 Å². The van der Waals surface area contributed by atoms with E-state index in [-0.39, 0.29) is 5.82 Å². The molecule has 0 unspecified atom stereocenters. The zero-order chi connectivity index (χ0) is 16.2. The summed E-state index contributed by atoms with van der Waals surface area (Å²) in [5.74, 6) is -0.311. The predicted octanol–water partition coefficient (Wildman–Crippen LogP) is 4.99. The summed E-state index contributed by atoms with van der Waals surface area (Å²) in [5.41, 5.74) is 4.32. The van der Waals surface area contributed by atoms with E-state index in [0.29, 0.717) is 11.1 Å². The van der Waals surface area contributed by atoms with Crippen molar-refractivity contribution in [3.05, 3.63) is 89.5 Å². The highest BCUT2D eigenvalue weighted by Crippen LogP contribution is 2.21. The van der Waals surface area contributed by atoms with Gasteiger partial charge in [0.2, 0.25) is 0 Å². The van der Waals surface area contributed by atoms with E-state index >= 15 is 0 Å². The lowest BCUT2D eigenvalue weighted by Crippen LogP contribution is -1.95. The first kappa shape index (κ1) is 14.8. The van der Waals surface area contributed by atoms with Crippen molar-refractivity contribution in [2.45, 2.75) is 6.92 Å². The Morgan fingerprint density at radius 1 is 1.04 bits per heavy atom. The second-order valence-electron chi connectivity index (χ2n) is 5.32. The molecule has 2 nitrogen and oxygen atoms in total. The van der Waals surface area contributed by atoms with Crippen LogP contribution in [0.15, 0.2) is 66.9 Å². The molecule has 0 aliphatic heterocycles. The summed E-state index contributed by atoms with van der Waals surface area (Å²) < 4.78 is 15.1. The van der Waals surface area contributed by atoms with E-state index in [1.165, 1.54) is 17.7 Å². The Hall–Kier alpha value is -3.12. The van der Waals surface area contributed by atoms with Crippen molar-refractivity contribution in [2.24, 2.45) is 0 Å². The second-order valence-corrected chi connectivity index (χ2v) is 5.32. The van der Waals surface area contributed by atoms with E-state index in [0.717, 1.165) is 11.4 Å². The zero-order valence-electron chi connectivity index (χ0n) is 12.7. The number of aryl methyl sites for hydroxylation is 1. The molecule has 0 aliphatic rings. The summed E-state index contributed by atoms with van der Waals surface area (Å²) in [5, 5.41) is 9.42. The monoisotopic (exact) mass is 302 g/mol. The molecule has 0 saturated carbocycles. The van der Waals surface area contributed by atoms with Crippen LogP contribution in [0, 0.1) is 24.1 Å². The van der Waals surface area contributed by atoms with E-state index in [1.54, 1.807) is 12.1 Å². The van der Waals surface area contributed by atoms with Gasteiger partial charge in [0.05, 0.1) is 11.6 Å². The van der Waals surface area contributed by atoms with Gasteiger partial charge in [-0.05, 0) is 55.0 Å². The maximum Gasteiger partial charge on any atom is 0.123 e. The van der Waals surface area contributed by atoms with Gasteiger partial charge in [-0.15, -0.1) is 0 Å². The van der Waals surface area contributed by atoms with Crippen LogP contribution in [0.1, 0.15) is 16.8 Å². The summed E-state index contributed by atoms with van der Waals surface area (Å²) >= 11 is 0. The molecule has 23 heavy (non-hydrogen) atoms. The van der Waals surface area contributed by atoms with Gasteiger partial charge >= 0.3 is 0 Å². The Bertz CT molecular complexity index is 879. The van der Waals surface area contributed by atoms with Gasteiger partial charge in [-0.1, -0.05) is 29.8 Å². The number of allylic oxidation sites excluding steroid dienone is 1. The van der Waals surface area contributed by atoms with Crippen molar-refractivity contribution in [2.75, 3.05) is 0 Å². The highest BCUT2D eigenvalue weighted by Gasteiger charge is 2.05. The third-order valence-electron chi connectivity index (χ3n) is 3.66. The molecule has 2 aromatic carbocycles. The Labute approximate surface area is 134 Å². The number of nitrogens with zero attached hydrogens (tertiary/aromatic N) is 2. The lowest BCUT2D eigenvalue weighted by atomic mass is 10.1. The SMILES string of the molecule is Cc1ccc(-n2cccc2/C=C(/C#N)c2ccc(F)cc2)cc1. The maximum absolute atomic E-state index is 13.0. The van der Waals surface area contributed by atoms with Crippen molar-refractivity contribution in [1.82, 2.24) is 4.57 Å². The van der Waals surface area contributed by atoms with Crippen LogP contribution in [-0.2, 0) is 0 Å². The van der Waals surface area contributed by atoms with Crippen LogP contribution >= 0.6 is 0 Å². The third kappa shape index (κ3) is 3.22. The lowest BCUT2D eigenvalue weighted by molar-refractivity contribution is 0.627. The first-order valence-electron chi connectivity index (χ1n) is 7.29. The van der Waals surface area contributed by atoms with Crippen LogP contribution in [0.25, 0.3) is 17.3 Å². The lowest BCUT2D eigenvalue weighted by Gasteiger charge is -2.08. The van der Waals surface area contributed by atoms with Crippen LogP contribution in [-0.4, -0.2) is 4.57 Å². The number of benzene rings is 2. The summed E-state index contributed by atoms with van der Waals surface area (Å²) in [7, 11) is 0. The van der Waals surface area contributed by atoms with Crippen molar-refractivity contribution in [3.8, 4) is 11.8 Å². The van der Waals surface area contributed by atoms with Crippen LogP contribution in [0.5, 0.6) is 0 Å². The van der Waals surface area contributed by atoms with Crippen molar-refractivity contribution >= 4 is 11.6 Å². The number of nitriles is 1. The van der Waals surface area contributed by atoms with Gasteiger partial charge in [0.1, 0.15) is 5.82 Å². The van der Waals surface area contributed by atoms with Gasteiger partial charge < -0.3 is 4.57 Å². The highest BCUT2D eigenvalue weighted by molar-refractivity contribution is 5.89. The summed E-state index contributed by atoms with van der Waals surface area (Å²) in [6.07, 6.45) is 3.77. The van der Waals surface area contributed by atoms with E-state index in [2.05, 4.69) is 6.07 Å². The first-order chi connectivity index (χ1) is 11.2. The molecule has 1 aromatic heterocycles. The summed E-state index contributed by atoms with van der Waals surface area (Å²) in [6, 6.07) is 20.2. The molecule has 0 radical (unpaired) electrons. The van der Waals surface area contributed by atoms with Crippen LogP contribution in [0.4, 0.5) is 4.39 Å². The van der Waals surface area contributed by atoms with E-state index in [1.807, 2.05) is 60.2 Å². The molecule has 0 bridgehead atoms. The Balaban J connectivity index is 2.02. The third-order valence-corrected chi connectivity index (χ3v) is 3.66. The molecular formula is C20H15FN2. The standard InChI is InChI=1S/C20H15FN2/c1-15-4-10-19(11-5-15)23-12-2-3-20(23)13-17(14-22)16-6-8-18(21)9-7-16/h2-13H,1H3/b17-13-. The first-order valence-corrected chi connectivity index (χ1v) is 7.29. The van der Waals surface area contributed by atoms with Gasteiger partial charge in [-0.3, -0.25) is 0 Å². The Kier molecular flexibility index (Phi) is 4.07. The fourth-order valence-electron chi connectivity index (χ4n) is 2.41. The largest absolute Gasteiger partial charge is 0.317 e. The number of hydrogen-bond donors (Lipinski definition) is 0. The molecule has 3 rings (SSSR count). The number of aromatic nitrogens is 1. The molecule has 1 heterocycles. The normalized spacial score (nSPS) is 11.3. The zero-order valence-corrected chi connectivity index (χ0v) is 12.7. The number of halogens is 1. The van der Waals surface area contributed by atoms with E-state index < -0.39 is 0 Å². The summed E-state index contributed by atoms with van der Waals surface area (Å²) in [6.45, 7) is 2.04. The molecule has 0 atom stereocenters. The molecule has 0 N–H and O–H groups in total. The average molecular weight is 302 g/mol.